The summed E-state index contributed by atoms with van der Waals surface area (Å²) < 4.78 is 16.2. The summed E-state index contributed by atoms with van der Waals surface area (Å²) in [5.74, 6) is 0.180. The summed E-state index contributed by atoms with van der Waals surface area (Å²) in [5.41, 5.74) is 0.797. The maximum absolute atomic E-state index is 13.1. The third-order valence-corrected chi connectivity index (χ3v) is 5.68. The highest BCUT2D eigenvalue weighted by atomic mass is 16.7. The zero-order valence-corrected chi connectivity index (χ0v) is 19.9. The van der Waals surface area contributed by atoms with E-state index in [1.807, 2.05) is 6.92 Å². The van der Waals surface area contributed by atoms with Crippen LogP contribution in [0.2, 0.25) is 0 Å². The fourth-order valence-corrected chi connectivity index (χ4v) is 4.14. The maximum Gasteiger partial charge on any atom is 0.514 e. The summed E-state index contributed by atoms with van der Waals surface area (Å²) in [6.45, 7) is 7.49. The lowest BCUT2D eigenvalue weighted by Crippen LogP contribution is -2.46. The molecule has 1 aromatic carbocycles. The minimum atomic E-state index is -0.828. The third-order valence-electron chi connectivity index (χ3n) is 5.68. The van der Waals surface area contributed by atoms with E-state index in [1.54, 1.807) is 45.0 Å². The van der Waals surface area contributed by atoms with Gasteiger partial charge in [-0.15, -0.1) is 0 Å². The zero-order chi connectivity index (χ0) is 24.0. The van der Waals surface area contributed by atoms with Gasteiger partial charge < -0.3 is 24.8 Å². The Balaban J connectivity index is 1.80. The molecule has 0 radical (unpaired) electrons. The molecule has 0 unspecified atom stereocenters. The number of rotatable bonds is 6. The van der Waals surface area contributed by atoms with Crippen molar-refractivity contribution in [2.45, 2.75) is 77.9 Å². The number of esters is 1. The van der Waals surface area contributed by atoms with Gasteiger partial charge in [0.1, 0.15) is 11.4 Å². The van der Waals surface area contributed by atoms with Crippen LogP contribution in [-0.4, -0.2) is 30.4 Å². The van der Waals surface area contributed by atoms with E-state index >= 15 is 0 Å². The van der Waals surface area contributed by atoms with E-state index < -0.39 is 29.8 Å². The lowest BCUT2D eigenvalue weighted by molar-refractivity contribution is -0.141. The summed E-state index contributed by atoms with van der Waals surface area (Å²) >= 11 is 0. The van der Waals surface area contributed by atoms with Crippen molar-refractivity contribution < 1.29 is 28.6 Å². The SMILES string of the molecule is CCC1=C(C(=O)OCC2CCCCC2)[C@H](c2cccc(OC(=O)OC(C)(C)C)c2)NC(=O)N1. The number of hydrogen-bond donors (Lipinski definition) is 2. The predicted molar refractivity (Wildman–Crippen MR) is 123 cm³/mol. The van der Waals surface area contributed by atoms with Gasteiger partial charge in [0.2, 0.25) is 0 Å². The number of hydrogen-bond acceptors (Lipinski definition) is 6. The number of nitrogens with one attached hydrogen (secondary N) is 2. The first-order valence-corrected chi connectivity index (χ1v) is 11.6. The molecule has 2 amide bonds. The van der Waals surface area contributed by atoms with Gasteiger partial charge >= 0.3 is 18.2 Å². The van der Waals surface area contributed by atoms with Gasteiger partial charge in [0.15, 0.2) is 0 Å². The molecule has 1 aromatic rings. The Morgan fingerprint density at radius 2 is 1.85 bits per heavy atom. The molecule has 1 heterocycles. The van der Waals surface area contributed by atoms with Crippen LogP contribution >= 0.6 is 0 Å². The van der Waals surface area contributed by atoms with Gasteiger partial charge in [-0.1, -0.05) is 38.3 Å². The molecule has 1 fully saturated rings. The third kappa shape index (κ3) is 6.97. The molecule has 33 heavy (non-hydrogen) atoms. The second kappa shape index (κ2) is 10.7. The summed E-state index contributed by atoms with van der Waals surface area (Å²) in [4.78, 5) is 37.5. The molecule has 8 nitrogen and oxygen atoms in total. The largest absolute Gasteiger partial charge is 0.514 e. The highest BCUT2D eigenvalue weighted by molar-refractivity contribution is 5.95. The van der Waals surface area contributed by atoms with Crippen LogP contribution in [-0.2, 0) is 14.3 Å². The second-order valence-electron chi connectivity index (χ2n) is 9.52. The molecule has 0 aromatic heterocycles. The Kier molecular flexibility index (Phi) is 8.00. The average molecular weight is 459 g/mol. The molecule has 1 atom stereocenters. The van der Waals surface area contributed by atoms with Crippen molar-refractivity contribution >= 4 is 18.2 Å². The van der Waals surface area contributed by atoms with Crippen LogP contribution < -0.4 is 15.4 Å². The Morgan fingerprint density at radius 3 is 2.52 bits per heavy atom. The van der Waals surface area contributed by atoms with Crippen molar-refractivity contribution in [3.63, 3.8) is 0 Å². The lowest BCUT2D eigenvalue weighted by Gasteiger charge is -2.30. The standard InChI is InChI=1S/C25H34N2O6/c1-5-19-20(22(28)31-15-16-10-7-6-8-11-16)21(27-23(29)26-19)17-12-9-13-18(14-17)32-24(30)33-25(2,3)4/h9,12-14,16,21H,5-8,10-11,15H2,1-4H3,(H2,26,27,29)/t21-/m0/s1. The van der Waals surface area contributed by atoms with E-state index in [9.17, 15) is 14.4 Å². The Morgan fingerprint density at radius 1 is 1.12 bits per heavy atom. The number of ether oxygens (including phenoxy) is 3. The van der Waals surface area contributed by atoms with Gasteiger partial charge in [-0.2, -0.15) is 0 Å². The molecule has 2 aliphatic rings. The normalized spacial score (nSPS) is 19.4. The predicted octanol–water partition coefficient (Wildman–Crippen LogP) is 5.14. The van der Waals surface area contributed by atoms with Gasteiger partial charge in [-0.3, -0.25) is 0 Å². The molecule has 0 spiro atoms. The van der Waals surface area contributed by atoms with Crippen molar-refractivity contribution in [1.82, 2.24) is 10.6 Å². The molecule has 3 rings (SSSR count). The van der Waals surface area contributed by atoms with E-state index in [1.165, 1.54) is 6.42 Å². The van der Waals surface area contributed by atoms with Gasteiger partial charge in [-0.05, 0) is 63.6 Å². The summed E-state index contributed by atoms with van der Waals surface area (Å²) in [6, 6.07) is 5.55. The minimum absolute atomic E-state index is 0.252. The zero-order valence-electron chi connectivity index (χ0n) is 19.9. The Hall–Kier alpha value is -3.03. The van der Waals surface area contributed by atoms with Crippen LogP contribution in [0.15, 0.2) is 35.5 Å². The second-order valence-corrected chi connectivity index (χ2v) is 9.52. The minimum Gasteiger partial charge on any atom is -0.462 e. The summed E-state index contributed by atoms with van der Waals surface area (Å²) in [5, 5.41) is 5.53. The molecule has 1 saturated carbocycles. The van der Waals surface area contributed by atoms with Crippen molar-refractivity contribution in [2.24, 2.45) is 5.92 Å². The number of amides is 2. The lowest BCUT2D eigenvalue weighted by atomic mass is 9.90. The molecular weight excluding hydrogens is 424 g/mol. The molecule has 0 bridgehead atoms. The molecule has 1 aliphatic heterocycles. The highest BCUT2D eigenvalue weighted by Gasteiger charge is 2.34. The quantitative estimate of drug-likeness (QED) is 0.452. The maximum atomic E-state index is 13.1. The van der Waals surface area contributed by atoms with Gasteiger partial charge in [0, 0.05) is 5.70 Å². The smallest absolute Gasteiger partial charge is 0.462 e. The van der Waals surface area contributed by atoms with Crippen molar-refractivity contribution in [1.29, 1.82) is 0 Å². The molecular formula is C25H34N2O6. The van der Waals surface area contributed by atoms with E-state index in [0.29, 0.717) is 35.8 Å². The topological polar surface area (TPSA) is 103 Å². The van der Waals surface area contributed by atoms with Crippen LogP contribution in [0.3, 0.4) is 0 Å². The molecule has 8 heteroatoms. The number of urea groups is 1. The fraction of sp³-hybridized carbons (Fsp3) is 0.560. The van der Waals surface area contributed by atoms with E-state index in [4.69, 9.17) is 14.2 Å². The van der Waals surface area contributed by atoms with Crippen molar-refractivity contribution in [2.75, 3.05) is 6.61 Å². The molecule has 1 aliphatic carbocycles. The Labute approximate surface area is 195 Å². The monoisotopic (exact) mass is 458 g/mol. The van der Waals surface area contributed by atoms with Crippen molar-refractivity contribution in [3.8, 4) is 5.75 Å². The molecule has 180 valence electrons. The average Bonchev–Trinajstić information content (AvgIpc) is 2.76. The number of benzene rings is 1. The summed E-state index contributed by atoms with van der Waals surface area (Å²) in [7, 11) is 0. The highest BCUT2D eigenvalue weighted by Crippen LogP contribution is 2.32. The van der Waals surface area contributed by atoms with Crippen molar-refractivity contribution in [3.05, 3.63) is 41.1 Å². The van der Waals surface area contributed by atoms with E-state index in [2.05, 4.69) is 10.6 Å². The first-order valence-electron chi connectivity index (χ1n) is 11.6. The first kappa shape index (κ1) is 24.6. The molecule has 2 N–H and O–H groups in total. The van der Waals surface area contributed by atoms with E-state index in [0.717, 1.165) is 25.7 Å². The van der Waals surface area contributed by atoms with E-state index in [-0.39, 0.29) is 5.75 Å². The van der Waals surface area contributed by atoms with Crippen LogP contribution in [0.4, 0.5) is 9.59 Å². The first-order chi connectivity index (χ1) is 15.7. The van der Waals surface area contributed by atoms with Crippen LogP contribution in [0.1, 0.15) is 77.8 Å². The van der Waals surface area contributed by atoms with Crippen LogP contribution in [0.5, 0.6) is 5.75 Å². The van der Waals surface area contributed by atoms with Gasteiger partial charge in [0.05, 0.1) is 18.2 Å². The molecule has 0 saturated heterocycles. The number of allylic oxidation sites excluding steroid dienone is 1. The van der Waals surface area contributed by atoms with Crippen LogP contribution in [0, 0.1) is 5.92 Å². The van der Waals surface area contributed by atoms with Gasteiger partial charge in [-0.25, -0.2) is 14.4 Å². The number of carbonyl (C=O) groups is 3. The Bertz CT molecular complexity index is 912. The van der Waals surface area contributed by atoms with Gasteiger partial charge in [0.25, 0.3) is 0 Å². The number of carbonyl (C=O) groups excluding carboxylic acids is 3. The summed E-state index contributed by atoms with van der Waals surface area (Å²) in [6.07, 6.45) is 5.32. The van der Waals surface area contributed by atoms with Crippen LogP contribution in [0.25, 0.3) is 0 Å². The fourth-order valence-electron chi connectivity index (χ4n) is 4.14.